The van der Waals surface area contributed by atoms with Crippen molar-refractivity contribution in [3.05, 3.63) is 236 Å². The summed E-state index contributed by atoms with van der Waals surface area (Å²) in [6, 6.07) is 24.1. The summed E-state index contributed by atoms with van der Waals surface area (Å²) in [6.45, 7) is 24.6. The number of allylic oxidation sites excluding steroid dienone is 12. The van der Waals surface area contributed by atoms with Crippen LogP contribution in [-0.4, -0.2) is 385 Å². The minimum Gasteiger partial charge on any atom is -1.00 e. The number of carboxylic acid groups (broad SMARTS) is 6. The van der Waals surface area contributed by atoms with Crippen LogP contribution in [0.5, 0.6) is 0 Å². The number of benzene rings is 2. The number of nitrogens with one attached hydrogen (secondary N) is 2. The van der Waals surface area contributed by atoms with Crippen molar-refractivity contribution in [1.82, 2.24) is 49.0 Å². The van der Waals surface area contributed by atoms with E-state index in [1.54, 1.807) is 52.9 Å². The number of aryl methyl sites for hydroxylation is 2. The number of nitrogens with zero attached hydrogens (tertiary/aromatic N) is 18. The van der Waals surface area contributed by atoms with Crippen molar-refractivity contribution >= 4 is 117 Å². The molecule has 14 rings (SSSR count). The summed E-state index contributed by atoms with van der Waals surface area (Å²) in [7, 11) is 17.2. The predicted molar refractivity (Wildman–Crippen MR) is 562 cm³/mol. The molecule has 8 N–H and O–H groups in total. The number of halogens is 2. The number of anilines is 2. The molecule has 0 spiro atoms. The van der Waals surface area contributed by atoms with Crippen molar-refractivity contribution in [1.29, 1.82) is 0 Å². The summed E-state index contributed by atoms with van der Waals surface area (Å²) in [6.07, 6.45) is 34.3. The van der Waals surface area contributed by atoms with Gasteiger partial charge in [-0.2, -0.15) is 0 Å². The number of pyridine rings is 2. The zero-order chi connectivity index (χ0) is 103. The Kier molecular flexibility index (Phi) is 40.4. The van der Waals surface area contributed by atoms with Crippen molar-refractivity contribution in [3.63, 3.8) is 0 Å². The molecular weight excluding hydrogens is 2110 g/mol. The Morgan fingerprint density at radius 1 is 0.386 bits per heavy atom. The number of aliphatic imine (C=N–C) groups is 4. The first-order valence-corrected chi connectivity index (χ1v) is 49.9. The molecule has 0 unspecified atom stereocenters. The van der Waals surface area contributed by atoms with Gasteiger partial charge in [0.25, 0.3) is 0 Å². The first-order chi connectivity index (χ1) is 67.1. The molecule has 2 fully saturated rings. The third-order valence-electron chi connectivity index (χ3n) is 27.5. The largest absolute Gasteiger partial charge is 1.00 e. The van der Waals surface area contributed by atoms with Crippen LogP contribution < -0.4 is 67.7 Å². The molecule has 4 aromatic rings. The summed E-state index contributed by atoms with van der Waals surface area (Å²) >= 11 is 3.40. The first kappa shape index (κ1) is 116. The SMILES string of the molecule is C.CN1C=CC=C2C1=NC(=CC=C1C[N+](C)(C)CC(C=CC3=Nc4c(ccc[n+]4C)C3(C)C)=C1Sc1ccc(NC(=O)CN3CCN(CC(=O)O)CCN(CC(=O)O)CCN(CC(=O)O)CC3)cc1)C2(C)C.CN1C=CC=C2C1=NC(=CC=C1C[N+](C)(C)CC(C=CC3=Nc4c(ccc[n+]4C)C3(C)C)=C1Sc1ccc(NC(=O)CN3CCN(CC(=O)O)CCN(CC(=O)O)CCN(CC(=O)O)CC3)cc1)C2(C)C.[I-].[I-]. The molecule has 780 valence electrons. The van der Waals surface area contributed by atoms with Crippen LogP contribution in [0, 0.1) is 10.8 Å². The van der Waals surface area contributed by atoms with Crippen LogP contribution in [0.1, 0.15) is 73.9 Å². The lowest BCUT2D eigenvalue weighted by atomic mass is 9.81. The minimum absolute atomic E-state index is 0. The number of likely N-dealkylation sites (N-methyl/N-ethyl adjacent to an activating group) is 4. The number of carboxylic acids is 6. The molecule has 2 saturated heterocycles. The molecule has 0 bridgehead atoms. The summed E-state index contributed by atoms with van der Waals surface area (Å²) in [4.78, 5) is 141. The highest BCUT2D eigenvalue weighted by Gasteiger charge is 2.46. The van der Waals surface area contributed by atoms with E-state index in [4.69, 9.17) is 20.0 Å². The van der Waals surface area contributed by atoms with Gasteiger partial charge in [-0.1, -0.05) is 82.9 Å². The van der Waals surface area contributed by atoms with Gasteiger partial charge >= 0.3 is 47.5 Å². The third kappa shape index (κ3) is 30.8. The van der Waals surface area contributed by atoms with Crippen LogP contribution in [-0.2, 0) is 63.3 Å². The molecule has 34 nitrogen and oxygen atoms in total. The van der Waals surface area contributed by atoms with E-state index in [0.29, 0.717) is 116 Å². The highest BCUT2D eigenvalue weighted by Crippen LogP contribution is 2.49. The normalized spacial score (nSPS) is 21.7. The second kappa shape index (κ2) is 50.4. The number of carbonyl (C=O) groups excluding carboxylic acids is 2. The summed E-state index contributed by atoms with van der Waals surface area (Å²) in [5, 5.41) is 63.6. The maximum absolute atomic E-state index is 13.7. The number of aromatic nitrogens is 2. The average molecular weight is 2250 g/mol. The molecule has 10 aliphatic heterocycles. The second-order valence-electron chi connectivity index (χ2n) is 41.4. The van der Waals surface area contributed by atoms with E-state index in [1.807, 2.05) is 111 Å². The van der Waals surface area contributed by atoms with Gasteiger partial charge in [0.1, 0.15) is 37.9 Å². The highest BCUT2D eigenvalue weighted by atomic mass is 127. The van der Waals surface area contributed by atoms with Crippen molar-refractivity contribution in [2.24, 2.45) is 44.9 Å². The number of hydrogen-bond acceptors (Lipinski definition) is 24. The van der Waals surface area contributed by atoms with Crippen molar-refractivity contribution in [2.75, 3.05) is 236 Å². The fourth-order valence-electron chi connectivity index (χ4n) is 19.4. The number of carbonyl (C=O) groups is 8. The fraction of sp³-hybridized carbons (Fsp3) is 0.458. The van der Waals surface area contributed by atoms with Gasteiger partial charge in [-0.05, 0) is 159 Å². The van der Waals surface area contributed by atoms with Crippen LogP contribution >= 0.6 is 23.5 Å². The van der Waals surface area contributed by atoms with Crippen molar-refractivity contribution < 1.29 is 135 Å². The van der Waals surface area contributed by atoms with Gasteiger partial charge in [0.15, 0.2) is 11.4 Å². The zero-order valence-electron chi connectivity index (χ0n) is 85.5. The van der Waals surface area contributed by atoms with Crippen LogP contribution in [0.4, 0.5) is 23.0 Å². The molecule has 0 radical (unpaired) electrons. The monoisotopic (exact) mass is 2250 g/mol. The molecule has 145 heavy (non-hydrogen) atoms. The average Bonchev–Trinajstić information content (AvgIpc) is 1.58. The van der Waals surface area contributed by atoms with Gasteiger partial charge < -0.3 is 108 Å². The number of fused-ring (bicyclic) bond motifs is 4. The zero-order valence-corrected chi connectivity index (χ0v) is 91.5. The molecule has 0 atom stereocenters. The van der Waals surface area contributed by atoms with Gasteiger partial charge in [0.2, 0.25) is 11.8 Å². The predicted octanol–water partition coefficient (Wildman–Crippen LogP) is 3.87. The molecule has 10 aliphatic rings. The Hall–Kier alpha value is -10.6. The van der Waals surface area contributed by atoms with E-state index in [1.165, 1.54) is 44.6 Å². The van der Waals surface area contributed by atoms with Gasteiger partial charge in [0.05, 0.1) is 140 Å². The fourth-order valence-corrected chi connectivity index (χ4v) is 21.5. The molecular formula is C107H144I2N20O14S2+2. The number of quaternary nitrogens is 2. The number of amides is 2. The molecule has 2 aromatic heterocycles. The standard InChI is InChI=1S/2C53H68N10O7S.CH4.2HI/c2*1-52(2)41-11-9-21-57(5)50(41)55-43(52)19-13-37-35-63(7,8)36-38(14-20-44-53(3,4)42-12-10-22-58(6)51(42)56-44)49(37)71-40-17-15-39(16-18-40)54-45(64)31-59-23-25-60(32-46(65)66)27-29-62(34-48(69)70)30-28-61(26-24-59)33-47(67)68;;;/h2*9-22H,23-36H2,1-8H3,(H2-2,54,64,65,66,67,68,69,70);1H4;2*1H/p+2. The Bertz CT molecular complexity index is 5630. The third-order valence-corrected chi connectivity index (χ3v) is 30.0. The summed E-state index contributed by atoms with van der Waals surface area (Å²) < 4.78 is 5.65. The molecule has 0 saturated carbocycles. The van der Waals surface area contributed by atoms with Gasteiger partial charge in [0, 0.05) is 206 Å². The lowest BCUT2D eigenvalue weighted by molar-refractivity contribution is -0.881. The van der Waals surface area contributed by atoms with Crippen LogP contribution in [0.3, 0.4) is 0 Å². The van der Waals surface area contributed by atoms with Crippen molar-refractivity contribution in [2.45, 2.75) is 83.4 Å². The van der Waals surface area contributed by atoms with E-state index < -0.39 is 35.8 Å². The maximum atomic E-state index is 13.7. The number of rotatable bonds is 28. The minimum atomic E-state index is -1.02. The van der Waals surface area contributed by atoms with E-state index in [-0.39, 0.29) is 141 Å². The van der Waals surface area contributed by atoms with Crippen molar-refractivity contribution in [3.8, 4) is 0 Å². The van der Waals surface area contributed by atoms with E-state index in [0.717, 1.165) is 101 Å². The van der Waals surface area contributed by atoms with Crippen LogP contribution in [0.25, 0.3) is 0 Å². The molecule has 12 heterocycles. The van der Waals surface area contributed by atoms with Crippen LogP contribution in [0.2, 0.25) is 0 Å². The number of thioether (sulfide) groups is 2. The van der Waals surface area contributed by atoms with Crippen LogP contribution in [0.15, 0.2) is 255 Å². The molecule has 2 amide bonds. The number of amidine groups is 2. The van der Waals surface area contributed by atoms with Gasteiger partial charge in [-0.3, -0.25) is 77.6 Å². The van der Waals surface area contributed by atoms with E-state index >= 15 is 0 Å². The lowest BCUT2D eigenvalue weighted by Gasteiger charge is -2.37. The second-order valence-corrected chi connectivity index (χ2v) is 43.6. The maximum Gasteiger partial charge on any atom is 0.327 e. The Morgan fingerprint density at radius 2 is 0.662 bits per heavy atom. The highest BCUT2D eigenvalue weighted by molar-refractivity contribution is 8.03. The number of aliphatic carboxylic acids is 6. The lowest BCUT2D eigenvalue weighted by Crippen LogP contribution is -3.00. The van der Waals surface area contributed by atoms with Gasteiger partial charge in [-0.15, -0.1) is 0 Å². The van der Waals surface area contributed by atoms with E-state index in [2.05, 4.69) is 210 Å². The topological polar surface area (TPSA) is 372 Å². The molecule has 2 aromatic carbocycles. The Balaban J connectivity index is 0.000000291. The summed E-state index contributed by atoms with van der Waals surface area (Å²) in [5.41, 5.74) is 13.7. The Labute approximate surface area is 895 Å². The summed E-state index contributed by atoms with van der Waals surface area (Å²) in [5.74, 6) is -2.71. The quantitative estimate of drug-likeness (QED) is 0.0227. The molecule has 0 aliphatic carbocycles. The number of hydrogen-bond donors (Lipinski definition) is 8. The van der Waals surface area contributed by atoms with E-state index in [9.17, 15) is 69.0 Å². The smallest absolute Gasteiger partial charge is 0.327 e. The van der Waals surface area contributed by atoms with Gasteiger partial charge in [-0.25, -0.2) is 19.1 Å². The Morgan fingerprint density at radius 3 is 0.924 bits per heavy atom. The molecule has 38 heteroatoms. The first-order valence-electron chi connectivity index (χ1n) is 48.3.